The van der Waals surface area contributed by atoms with Crippen LogP contribution in [0.25, 0.3) is 0 Å². The van der Waals surface area contributed by atoms with Crippen LogP contribution in [0.1, 0.15) is 0 Å². The Hall–Kier alpha value is -0.297. The van der Waals surface area contributed by atoms with Gasteiger partial charge in [0.15, 0.2) is 0 Å². The summed E-state index contributed by atoms with van der Waals surface area (Å²) >= 11 is 0. The van der Waals surface area contributed by atoms with Crippen LogP contribution in [0.5, 0.6) is 0 Å². The van der Waals surface area contributed by atoms with Gasteiger partial charge in [-0.15, -0.1) is 6.07 Å². The first-order valence-electron chi connectivity index (χ1n) is 1.63. The Morgan fingerprint density at radius 2 is 1.71 bits per heavy atom. The largest absolute Gasteiger partial charge is 1.00 e. The van der Waals surface area contributed by atoms with Gasteiger partial charge in [-0.2, -0.15) is 0 Å². The van der Waals surface area contributed by atoms with Gasteiger partial charge in [-0.05, 0) is 0 Å². The molecule has 0 N–H and O–H groups in total. The van der Waals surface area contributed by atoms with E-state index in [-0.39, 0.29) is 19.5 Å². The SMILES string of the molecule is [Ru+].[c-]1ncccn1. The molecule has 2 nitrogen and oxygen atoms in total. The van der Waals surface area contributed by atoms with Gasteiger partial charge in [0.25, 0.3) is 0 Å². The van der Waals surface area contributed by atoms with E-state index in [1.807, 2.05) is 0 Å². The van der Waals surface area contributed by atoms with Gasteiger partial charge < -0.3 is 9.97 Å². The van der Waals surface area contributed by atoms with E-state index < -0.39 is 0 Å². The zero-order valence-corrected chi connectivity index (χ0v) is 5.22. The average Bonchev–Trinajstić information content (AvgIpc) is 1.72. The summed E-state index contributed by atoms with van der Waals surface area (Å²) in [5.74, 6) is 0. The first-order valence-corrected chi connectivity index (χ1v) is 1.63. The third-order valence-electron chi connectivity index (χ3n) is 0.437. The maximum absolute atomic E-state index is 3.55. The number of nitrogens with zero attached hydrogens (tertiary/aromatic N) is 2. The Morgan fingerprint density at radius 1 is 1.14 bits per heavy atom. The zero-order chi connectivity index (χ0) is 4.24. The summed E-state index contributed by atoms with van der Waals surface area (Å²) in [5.41, 5.74) is 0. The van der Waals surface area contributed by atoms with Gasteiger partial charge >= 0.3 is 19.5 Å². The molecule has 0 spiro atoms. The molecular formula is C4H3N2Ru. The summed E-state index contributed by atoms with van der Waals surface area (Å²) in [6.45, 7) is 0. The second-order valence-corrected chi connectivity index (χ2v) is 0.849. The molecule has 0 saturated heterocycles. The minimum absolute atomic E-state index is 0. The number of hydrogen-bond acceptors (Lipinski definition) is 2. The minimum atomic E-state index is 0. The molecule has 0 atom stereocenters. The summed E-state index contributed by atoms with van der Waals surface area (Å²) < 4.78 is 0. The van der Waals surface area contributed by atoms with Crippen LogP contribution < -0.4 is 0 Å². The van der Waals surface area contributed by atoms with Gasteiger partial charge in [0, 0.05) is 6.33 Å². The van der Waals surface area contributed by atoms with E-state index in [0.717, 1.165) is 0 Å². The quantitative estimate of drug-likeness (QED) is 0.423. The van der Waals surface area contributed by atoms with Crippen molar-refractivity contribution in [2.24, 2.45) is 0 Å². The van der Waals surface area contributed by atoms with Gasteiger partial charge in [0.1, 0.15) is 0 Å². The second kappa shape index (κ2) is 3.88. The van der Waals surface area contributed by atoms with E-state index in [9.17, 15) is 0 Å². The average molecular weight is 180 g/mol. The molecule has 0 unspecified atom stereocenters. The van der Waals surface area contributed by atoms with Crippen LogP contribution in [-0.2, 0) is 19.5 Å². The van der Waals surface area contributed by atoms with Crippen LogP contribution in [0.15, 0.2) is 18.5 Å². The van der Waals surface area contributed by atoms with E-state index in [4.69, 9.17) is 0 Å². The Kier molecular flexibility index (Phi) is 3.71. The van der Waals surface area contributed by atoms with E-state index in [2.05, 4.69) is 16.3 Å². The molecule has 0 aromatic carbocycles. The summed E-state index contributed by atoms with van der Waals surface area (Å²) in [7, 11) is 0. The summed E-state index contributed by atoms with van der Waals surface area (Å²) in [5, 5.41) is 0. The van der Waals surface area contributed by atoms with Crippen molar-refractivity contribution in [2.45, 2.75) is 0 Å². The monoisotopic (exact) mass is 181 g/mol. The fourth-order valence-corrected chi connectivity index (χ4v) is 0.225. The van der Waals surface area contributed by atoms with Crippen molar-refractivity contribution in [3.63, 3.8) is 0 Å². The second-order valence-electron chi connectivity index (χ2n) is 0.849. The first-order chi connectivity index (χ1) is 3.00. The third-order valence-corrected chi connectivity index (χ3v) is 0.437. The van der Waals surface area contributed by atoms with E-state index in [1.165, 1.54) is 0 Å². The van der Waals surface area contributed by atoms with E-state index in [0.29, 0.717) is 0 Å². The van der Waals surface area contributed by atoms with Crippen molar-refractivity contribution < 1.29 is 19.5 Å². The van der Waals surface area contributed by atoms with Crippen LogP contribution in [0, 0.1) is 6.33 Å². The normalized spacial score (nSPS) is 6.86. The topological polar surface area (TPSA) is 25.8 Å². The first kappa shape index (κ1) is 6.70. The van der Waals surface area contributed by atoms with Gasteiger partial charge in [0.05, 0.1) is 0 Å². The molecule has 0 bridgehead atoms. The van der Waals surface area contributed by atoms with Crippen LogP contribution >= 0.6 is 0 Å². The Morgan fingerprint density at radius 3 is 1.86 bits per heavy atom. The molecule has 0 aliphatic heterocycles. The molecule has 0 aliphatic rings. The fraction of sp³-hybridized carbons (Fsp3) is 0. The van der Waals surface area contributed by atoms with Gasteiger partial charge in [-0.25, -0.2) is 0 Å². The molecule has 3 heteroatoms. The molecule has 0 fully saturated rings. The maximum atomic E-state index is 3.55. The molecule has 37 valence electrons. The number of aromatic nitrogens is 2. The van der Waals surface area contributed by atoms with E-state index in [1.54, 1.807) is 18.5 Å². The van der Waals surface area contributed by atoms with Crippen molar-refractivity contribution in [1.29, 1.82) is 0 Å². The van der Waals surface area contributed by atoms with Crippen molar-refractivity contribution in [3.05, 3.63) is 24.8 Å². The molecule has 7 heavy (non-hydrogen) atoms. The molecule has 1 aromatic heterocycles. The maximum Gasteiger partial charge on any atom is 1.00 e. The van der Waals surface area contributed by atoms with Crippen molar-refractivity contribution >= 4 is 0 Å². The van der Waals surface area contributed by atoms with Crippen molar-refractivity contribution in [1.82, 2.24) is 9.97 Å². The van der Waals surface area contributed by atoms with Crippen LogP contribution in [0.4, 0.5) is 0 Å². The minimum Gasteiger partial charge on any atom is -0.374 e. The molecule has 0 amide bonds. The fourth-order valence-electron chi connectivity index (χ4n) is 0.225. The van der Waals surface area contributed by atoms with Crippen LogP contribution in [0.2, 0.25) is 0 Å². The Labute approximate surface area is 54.8 Å². The number of rotatable bonds is 0. The molecule has 1 aromatic rings. The van der Waals surface area contributed by atoms with E-state index >= 15 is 0 Å². The summed E-state index contributed by atoms with van der Waals surface area (Å²) in [6.07, 6.45) is 5.66. The third kappa shape index (κ3) is 2.40. The standard InChI is InChI=1S/C4H3N2.Ru/c1-2-5-4-6-3-1;/h1-3H;/q-1;+1. The predicted molar refractivity (Wildman–Crippen MR) is 20.9 cm³/mol. The molecule has 1 rings (SSSR count). The Balaban J connectivity index is 0.000000360. The van der Waals surface area contributed by atoms with Gasteiger partial charge in [0.2, 0.25) is 0 Å². The van der Waals surface area contributed by atoms with Crippen LogP contribution in [0.3, 0.4) is 0 Å². The van der Waals surface area contributed by atoms with Gasteiger partial charge in [-0.3, -0.25) is 0 Å². The van der Waals surface area contributed by atoms with Crippen molar-refractivity contribution in [2.75, 3.05) is 0 Å². The number of hydrogen-bond donors (Lipinski definition) is 0. The zero-order valence-electron chi connectivity index (χ0n) is 3.48. The summed E-state index contributed by atoms with van der Waals surface area (Å²) in [4.78, 5) is 7.10. The smallest absolute Gasteiger partial charge is 0.374 e. The Bertz CT molecular complexity index is 81.6. The van der Waals surface area contributed by atoms with Crippen LogP contribution in [-0.4, -0.2) is 9.97 Å². The molecule has 0 aliphatic carbocycles. The molecule has 1 radical (unpaired) electrons. The van der Waals surface area contributed by atoms with Crippen molar-refractivity contribution in [3.8, 4) is 0 Å². The summed E-state index contributed by atoms with van der Waals surface area (Å²) in [6, 6.07) is 1.75. The molecule has 1 heterocycles. The molecular weight excluding hydrogens is 177 g/mol. The predicted octanol–water partition coefficient (Wildman–Crippen LogP) is 0.274. The van der Waals surface area contributed by atoms with Gasteiger partial charge in [-0.1, -0.05) is 12.4 Å². The molecule has 0 saturated carbocycles.